The van der Waals surface area contributed by atoms with E-state index in [0.29, 0.717) is 11.4 Å². The van der Waals surface area contributed by atoms with E-state index in [1.54, 1.807) is 24.3 Å². The predicted molar refractivity (Wildman–Crippen MR) is 76.8 cm³/mol. The van der Waals surface area contributed by atoms with Crippen molar-refractivity contribution in [3.05, 3.63) is 52.5 Å². The van der Waals surface area contributed by atoms with Crippen molar-refractivity contribution in [3.63, 3.8) is 0 Å². The number of methoxy groups -OCH3 is 1. The van der Waals surface area contributed by atoms with Gasteiger partial charge >= 0.3 is 0 Å². The van der Waals surface area contributed by atoms with Crippen LogP contribution in [-0.4, -0.2) is 18.1 Å². The minimum Gasteiger partial charge on any atom is -0.507 e. The number of hydrogen-bond donors (Lipinski definition) is 2. The lowest BCUT2D eigenvalue weighted by Crippen LogP contribution is -2.13. The number of phenols is 1. The van der Waals surface area contributed by atoms with Crippen molar-refractivity contribution in [2.45, 2.75) is 0 Å². The molecular formula is C14H12BrNO3. The van der Waals surface area contributed by atoms with Crippen LogP contribution in [0.4, 0.5) is 5.69 Å². The summed E-state index contributed by atoms with van der Waals surface area (Å²) in [6.07, 6.45) is 0. The highest BCUT2D eigenvalue weighted by atomic mass is 79.9. The maximum Gasteiger partial charge on any atom is 0.263 e. The first-order chi connectivity index (χ1) is 9.11. The summed E-state index contributed by atoms with van der Waals surface area (Å²) >= 11 is 3.33. The zero-order valence-corrected chi connectivity index (χ0v) is 11.8. The number of phenolic OH excluding ortho intramolecular Hbond substituents is 1. The smallest absolute Gasteiger partial charge is 0.263 e. The molecule has 0 aromatic heterocycles. The maximum absolute atomic E-state index is 12.2. The van der Waals surface area contributed by atoms with Gasteiger partial charge in [0.2, 0.25) is 0 Å². The number of hydrogen-bond acceptors (Lipinski definition) is 3. The molecule has 0 unspecified atom stereocenters. The molecule has 0 heterocycles. The van der Waals surface area contributed by atoms with Crippen LogP contribution in [-0.2, 0) is 0 Å². The first kappa shape index (κ1) is 13.4. The van der Waals surface area contributed by atoms with E-state index >= 15 is 0 Å². The van der Waals surface area contributed by atoms with E-state index in [9.17, 15) is 9.90 Å². The number of amides is 1. The van der Waals surface area contributed by atoms with Crippen LogP contribution in [0.25, 0.3) is 0 Å². The van der Waals surface area contributed by atoms with Crippen molar-refractivity contribution in [3.8, 4) is 11.5 Å². The molecule has 0 aliphatic rings. The number of nitrogens with one attached hydrogen (secondary N) is 1. The van der Waals surface area contributed by atoms with Gasteiger partial charge in [-0.2, -0.15) is 0 Å². The van der Waals surface area contributed by atoms with E-state index in [0.717, 1.165) is 4.47 Å². The number of anilines is 1. The van der Waals surface area contributed by atoms with Gasteiger partial charge in [-0.05, 0) is 30.3 Å². The highest BCUT2D eigenvalue weighted by molar-refractivity contribution is 9.10. The molecule has 0 aliphatic heterocycles. The van der Waals surface area contributed by atoms with E-state index in [-0.39, 0.29) is 11.3 Å². The Hall–Kier alpha value is -2.01. The van der Waals surface area contributed by atoms with Crippen LogP contribution in [0, 0.1) is 0 Å². The van der Waals surface area contributed by atoms with Crippen LogP contribution in [0.3, 0.4) is 0 Å². The number of benzene rings is 2. The molecule has 2 N–H and O–H groups in total. The third-order valence-corrected chi connectivity index (χ3v) is 3.03. The summed E-state index contributed by atoms with van der Waals surface area (Å²) in [4.78, 5) is 12.2. The molecule has 1 amide bonds. The van der Waals surface area contributed by atoms with Crippen LogP contribution < -0.4 is 10.1 Å². The number of ether oxygens (including phenoxy) is 1. The Labute approximate surface area is 119 Å². The van der Waals surface area contributed by atoms with E-state index < -0.39 is 5.91 Å². The summed E-state index contributed by atoms with van der Waals surface area (Å²) in [7, 11) is 1.45. The van der Waals surface area contributed by atoms with Crippen molar-refractivity contribution >= 4 is 27.5 Å². The topological polar surface area (TPSA) is 58.6 Å². The second kappa shape index (κ2) is 5.75. The second-order valence-corrected chi connectivity index (χ2v) is 4.73. The molecule has 19 heavy (non-hydrogen) atoms. The van der Waals surface area contributed by atoms with Crippen LogP contribution in [0.1, 0.15) is 10.4 Å². The van der Waals surface area contributed by atoms with Gasteiger partial charge in [0.15, 0.2) is 0 Å². The number of halogens is 1. The van der Waals surface area contributed by atoms with E-state index in [1.807, 2.05) is 12.1 Å². The van der Waals surface area contributed by atoms with Gasteiger partial charge in [0.1, 0.15) is 17.1 Å². The van der Waals surface area contributed by atoms with Crippen molar-refractivity contribution in [2.24, 2.45) is 0 Å². The number of carbonyl (C=O) groups excluding carboxylic acids is 1. The zero-order valence-electron chi connectivity index (χ0n) is 10.2. The summed E-state index contributed by atoms with van der Waals surface area (Å²) in [6, 6.07) is 11.9. The fourth-order valence-corrected chi connectivity index (χ4v) is 2.08. The molecule has 98 valence electrons. The van der Waals surface area contributed by atoms with Gasteiger partial charge in [-0.3, -0.25) is 4.79 Å². The van der Waals surface area contributed by atoms with Gasteiger partial charge in [-0.25, -0.2) is 0 Å². The lowest BCUT2D eigenvalue weighted by atomic mass is 10.1. The fraction of sp³-hybridized carbons (Fsp3) is 0.0714. The van der Waals surface area contributed by atoms with Crippen LogP contribution in [0.2, 0.25) is 0 Å². The summed E-state index contributed by atoms with van der Waals surface area (Å²) in [5.41, 5.74) is 0.745. The number of carbonyl (C=O) groups is 1. The average molecular weight is 322 g/mol. The Bertz CT molecular complexity index is 613. The third-order valence-electron chi connectivity index (χ3n) is 2.53. The SMILES string of the molecule is COc1cccc(O)c1C(=O)Nc1cccc(Br)c1. The largest absolute Gasteiger partial charge is 0.507 e. The Balaban J connectivity index is 2.30. The lowest BCUT2D eigenvalue weighted by molar-refractivity contribution is 0.102. The predicted octanol–water partition coefficient (Wildman–Crippen LogP) is 3.42. The Morgan fingerprint density at radius 3 is 2.68 bits per heavy atom. The molecule has 0 spiro atoms. The molecule has 5 heteroatoms. The maximum atomic E-state index is 12.2. The minimum atomic E-state index is -0.423. The lowest BCUT2D eigenvalue weighted by Gasteiger charge is -2.10. The summed E-state index contributed by atoms with van der Waals surface area (Å²) < 4.78 is 5.93. The van der Waals surface area contributed by atoms with Crippen molar-refractivity contribution in [1.82, 2.24) is 0 Å². The molecule has 0 aliphatic carbocycles. The summed E-state index contributed by atoms with van der Waals surface area (Å²) in [5, 5.41) is 12.5. The molecule has 0 atom stereocenters. The Morgan fingerprint density at radius 1 is 1.26 bits per heavy atom. The van der Waals surface area contributed by atoms with Crippen LogP contribution >= 0.6 is 15.9 Å². The molecule has 0 fully saturated rings. The summed E-state index contributed by atoms with van der Waals surface area (Å²) in [6.45, 7) is 0. The van der Waals surface area contributed by atoms with Crippen molar-refractivity contribution < 1.29 is 14.6 Å². The quantitative estimate of drug-likeness (QED) is 0.910. The monoisotopic (exact) mass is 321 g/mol. The van der Waals surface area contributed by atoms with Crippen LogP contribution in [0.15, 0.2) is 46.9 Å². The normalized spacial score (nSPS) is 10.0. The Kier molecular flexibility index (Phi) is 4.06. The zero-order chi connectivity index (χ0) is 13.8. The molecule has 0 radical (unpaired) electrons. The molecule has 2 rings (SSSR count). The Morgan fingerprint density at radius 2 is 2.00 bits per heavy atom. The minimum absolute atomic E-state index is 0.116. The average Bonchev–Trinajstić information content (AvgIpc) is 2.38. The van der Waals surface area contributed by atoms with E-state index in [2.05, 4.69) is 21.2 Å². The fourth-order valence-electron chi connectivity index (χ4n) is 1.68. The van der Waals surface area contributed by atoms with Crippen molar-refractivity contribution in [2.75, 3.05) is 12.4 Å². The molecule has 2 aromatic carbocycles. The number of rotatable bonds is 3. The van der Waals surface area contributed by atoms with E-state index in [4.69, 9.17) is 4.74 Å². The first-order valence-corrected chi connectivity index (χ1v) is 6.34. The molecule has 4 nitrogen and oxygen atoms in total. The molecular weight excluding hydrogens is 310 g/mol. The molecule has 2 aromatic rings. The third kappa shape index (κ3) is 3.06. The standard InChI is InChI=1S/C14H12BrNO3/c1-19-12-7-3-6-11(17)13(12)14(18)16-10-5-2-4-9(15)8-10/h2-8,17H,1H3,(H,16,18). The first-order valence-electron chi connectivity index (χ1n) is 5.54. The molecule has 0 bridgehead atoms. The van der Waals surface area contributed by atoms with Gasteiger partial charge in [0.25, 0.3) is 5.91 Å². The highest BCUT2D eigenvalue weighted by Gasteiger charge is 2.17. The van der Waals surface area contributed by atoms with Crippen molar-refractivity contribution in [1.29, 1.82) is 0 Å². The summed E-state index contributed by atoms with van der Waals surface area (Å²) in [5.74, 6) is -0.215. The highest BCUT2D eigenvalue weighted by Crippen LogP contribution is 2.28. The van der Waals surface area contributed by atoms with Crippen LogP contribution in [0.5, 0.6) is 11.5 Å². The van der Waals surface area contributed by atoms with Gasteiger partial charge < -0.3 is 15.2 Å². The molecule has 0 saturated carbocycles. The second-order valence-electron chi connectivity index (χ2n) is 3.82. The van der Waals surface area contributed by atoms with Gasteiger partial charge in [-0.1, -0.05) is 28.1 Å². The van der Waals surface area contributed by atoms with E-state index in [1.165, 1.54) is 13.2 Å². The van der Waals surface area contributed by atoms with Gasteiger partial charge in [0, 0.05) is 10.2 Å². The molecule has 0 saturated heterocycles. The number of aromatic hydroxyl groups is 1. The van der Waals surface area contributed by atoms with Gasteiger partial charge in [-0.15, -0.1) is 0 Å². The van der Waals surface area contributed by atoms with Gasteiger partial charge in [0.05, 0.1) is 7.11 Å².